The van der Waals surface area contributed by atoms with E-state index in [9.17, 15) is 0 Å². The molecule has 0 amide bonds. The van der Waals surface area contributed by atoms with Crippen molar-refractivity contribution in [3.8, 4) is 55.6 Å². The van der Waals surface area contributed by atoms with Crippen molar-refractivity contribution in [3.63, 3.8) is 0 Å². The lowest BCUT2D eigenvalue weighted by Crippen LogP contribution is -1.93. The molecule has 0 heterocycles. The molecule has 0 fully saturated rings. The van der Waals surface area contributed by atoms with E-state index >= 15 is 0 Å². The van der Waals surface area contributed by atoms with Crippen LogP contribution in [0, 0.1) is 6.92 Å². The van der Waals surface area contributed by atoms with Crippen molar-refractivity contribution < 1.29 is 0 Å². The third kappa shape index (κ3) is 4.91. The van der Waals surface area contributed by atoms with E-state index in [0.29, 0.717) is 0 Å². The Hall–Kier alpha value is -5.72. The molecule has 0 aliphatic carbocycles. The average Bonchev–Trinajstić information content (AvgIpc) is 3.11. The maximum absolute atomic E-state index is 2.40. The fourth-order valence-electron chi connectivity index (χ4n) is 6.88. The largest absolute Gasteiger partial charge is 0.0622 e. The zero-order valence-electron chi connectivity index (χ0n) is 25.2. The maximum Gasteiger partial charge on any atom is -0.00259 e. The maximum atomic E-state index is 2.40. The molecule has 8 rings (SSSR count). The molecule has 8 aromatic rings. The molecule has 0 aromatic heterocycles. The topological polar surface area (TPSA) is 0 Å². The van der Waals surface area contributed by atoms with Crippen LogP contribution in [0.4, 0.5) is 0 Å². The van der Waals surface area contributed by atoms with E-state index in [1.54, 1.807) is 0 Å². The number of aryl methyl sites for hydroxylation is 1. The molecule has 0 aliphatic heterocycles. The Balaban J connectivity index is 1.47. The highest BCUT2D eigenvalue weighted by Gasteiger charge is 2.18. The van der Waals surface area contributed by atoms with Crippen molar-refractivity contribution in [2.24, 2.45) is 0 Å². The van der Waals surface area contributed by atoms with E-state index in [4.69, 9.17) is 0 Å². The minimum Gasteiger partial charge on any atom is -0.0622 e. The standard InChI is InChI=1S/C45H32/c1-31-15-14-20-34(27-31)44-40-23-10-12-25-42(40)45(43-26-13-11-24-41(43)44)37-29-35(32-16-4-2-5-17-32)28-36(30-37)39-22-9-8-21-38(39)33-18-6-3-7-19-33/h2-30H,1H3. The Kier molecular flexibility index (Phi) is 6.81. The molecule has 0 bridgehead atoms. The number of fused-ring (bicyclic) bond motifs is 2. The van der Waals surface area contributed by atoms with Crippen LogP contribution in [0.2, 0.25) is 0 Å². The van der Waals surface area contributed by atoms with Gasteiger partial charge in [0.25, 0.3) is 0 Å². The molecule has 0 atom stereocenters. The van der Waals surface area contributed by atoms with Crippen LogP contribution in [-0.2, 0) is 0 Å². The molecule has 0 spiro atoms. The number of benzene rings is 8. The molecule has 8 aromatic carbocycles. The molecule has 45 heavy (non-hydrogen) atoms. The molecular weight excluding hydrogens is 540 g/mol. The lowest BCUT2D eigenvalue weighted by atomic mass is 9.84. The van der Waals surface area contributed by atoms with Gasteiger partial charge in [0, 0.05) is 0 Å². The van der Waals surface area contributed by atoms with Crippen molar-refractivity contribution in [1.29, 1.82) is 0 Å². The second-order valence-electron chi connectivity index (χ2n) is 11.8. The van der Waals surface area contributed by atoms with E-state index in [1.807, 2.05) is 0 Å². The van der Waals surface area contributed by atoms with Crippen LogP contribution >= 0.6 is 0 Å². The quantitative estimate of drug-likeness (QED) is 0.180. The summed E-state index contributed by atoms with van der Waals surface area (Å²) >= 11 is 0. The summed E-state index contributed by atoms with van der Waals surface area (Å²) in [6.07, 6.45) is 0. The van der Waals surface area contributed by atoms with Crippen LogP contribution in [0.15, 0.2) is 176 Å². The van der Waals surface area contributed by atoms with Crippen molar-refractivity contribution in [2.75, 3.05) is 0 Å². The van der Waals surface area contributed by atoms with E-state index < -0.39 is 0 Å². The Morgan fingerprint density at radius 2 is 0.689 bits per heavy atom. The van der Waals surface area contributed by atoms with Crippen molar-refractivity contribution in [2.45, 2.75) is 6.92 Å². The highest BCUT2D eigenvalue weighted by atomic mass is 14.2. The first kappa shape index (κ1) is 26.9. The smallest absolute Gasteiger partial charge is 0.00259 e. The second kappa shape index (κ2) is 11.4. The summed E-state index contributed by atoms with van der Waals surface area (Å²) in [5.74, 6) is 0. The fraction of sp³-hybridized carbons (Fsp3) is 0.0222. The molecule has 0 radical (unpaired) electrons. The zero-order chi connectivity index (χ0) is 30.2. The molecule has 0 heteroatoms. The van der Waals surface area contributed by atoms with Gasteiger partial charge in [-0.3, -0.25) is 0 Å². The SMILES string of the molecule is Cc1cccc(-c2c3ccccc3c(-c3cc(-c4ccccc4)cc(-c4ccccc4-c4ccccc4)c3)c3ccccc23)c1. The van der Waals surface area contributed by atoms with Crippen LogP contribution in [0.5, 0.6) is 0 Å². The minimum atomic E-state index is 1.21. The molecule has 0 saturated carbocycles. The van der Waals surface area contributed by atoms with E-state index in [-0.39, 0.29) is 0 Å². The van der Waals surface area contributed by atoms with E-state index in [0.717, 1.165) is 0 Å². The first-order chi connectivity index (χ1) is 22.2. The van der Waals surface area contributed by atoms with Gasteiger partial charge >= 0.3 is 0 Å². The average molecular weight is 573 g/mol. The summed E-state index contributed by atoms with van der Waals surface area (Å²) in [6.45, 7) is 2.17. The van der Waals surface area contributed by atoms with Gasteiger partial charge in [-0.15, -0.1) is 0 Å². The van der Waals surface area contributed by atoms with Gasteiger partial charge in [0.1, 0.15) is 0 Å². The zero-order valence-corrected chi connectivity index (χ0v) is 25.2. The summed E-state index contributed by atoms with van der Waals surface area (Å²) in [5.41, 5.74) is 13.6. The molecule has 0 aliphatic rings. The summed E-state index contributed by atoms with van der Waals surface area (Å²) in [6, 6.07) is 64.1. The van der Waals surface area contributed by atoms with Gasteiger partial charge in [-0.2, -0.15) is 0 Å². The van der Waals surface area contributed by atoms with Gasteiger partial charge in [0.05, 0.1) is 0 Å². The molecular formula is C45H32. The lowest BCUT2D eigenvalue weighted by Gasteiger charge is -2.20. The molecule has 212 valence electrons. The first-order valence-electron chi connectivity index (χ1n) is 15.6. The predicted octanol–water partition coefficient (Wildman–Crippen LogP) is 12.6. The highest BCUT2D eigenvalue weighted by Crippen LogP contribution is 2.46. The van der Waals surface area contributed by atoms with Gasteiger partial charge in [0.15, 0.2) is 0 Å². The van der Waals surface area contributed by atoms with E-state index in [2.05, 4.69) is 183 Å². The summed E-state index contributed by atoms with van der Waals surface area (Å²) < 4.78 is 0. The normalized spacial score (nSPS) is 11.2. The molecule has 0 unspecified atom stereocenters. The number of hydrogen-bond donors (Lipinski definition) is 0. The van der Waals surface area contributed by atoms with E-state index in [1.165, 1.54) is 82.7 Å². The van der Waals surface area contributed by atoms with Crippen LogP contribution < -0.4 is 0 Å². The van der Waals surface area contributed by atoms with Crippen molar-refractivity contribution in [3.05, 3.63) is 181 Å². The van der Waals surface area contributed by atoms with Crippen LogP contribution in [0.1, 0.15) is 5.56 Å². The Morgan fingerprint density at radius 1 is 0.267 bits per heavy atom. The van der Waals surface area contributed by atoms with Crippen LogP contribution in [-0.4, -0.2) is 0 Å². The van der Waals surface area contributed by atoms with Gasteiger partial charge in [-0.25, -0.2) is 0 Å². The highest BCUT2D eigenvalue weighted by molar-refractivity contribution is 6.21. The van der Waals surface area contributed by atoms with Crippen LogP contribution in [0.3, 0.4) is 0 Å². The summed E-state index contributed by atoms with van der Waals surface area (Å²) in [4.78, 5) is 0. The minimum absolute atomic E-state index is 1.21. The summed E-state index contributed by atoms with van der Waals surface area (Å²) in [5, 5.41) is 5.07. The Labute approximate surface area is 264 Å². The van der Waals surface area contributed by atoms with Crippen molar-refractivity contribution in [1.82, 2.24) is 0 Å². The van der Waals surface area contributed by atoms with Crippen LogP contribution in [0.25, 0.3) is 77.2 Å². The number of rotatable bonds is 5. The van der Waals surface area contributed by atoms with Crippen molar-refractivity contribution >= 4 is 21.5 Å². The third-order valence-electron chi connectivity index (χ3n) is 8.89. The monoisotopic (exact) mass is 572 g/mol. The lowest BCUT2D eigenvalue weighted by molar-refractivity contribution is 1.47. The molecule has 0 nitrogen and oxygen atoms in total. The number of hydrogen-bond acceptors (Lipinski definition) is 0. The third-order valence-corrected chi connectivity index (χ3v) is 8.89. The second-order valence-corrected chi connectivity index (χ2v) is 11.8. The first-order valence-corrected chi connectivity index (χ1v) is 15.6. The molecule has 0 saturated heterocycles. The Morgan fingerprint density at radius 3 is 1.27 bits per heavy atom. The fourth-order valence-corrected chi connectivity index (χ4v) is 6.88. The van der Waals surface area contributed by atoms with Gasteiger partial charge in [-0.05, 0) is 102 Å². The predicted molar refractivity (Wildman–Crippen MR) is 193 cm³/mol. The van der Waals surface area contributed by atoms with Gasteiger partial charge in [-0.1, -0.05) is 163 Å². The van der Waals surface area contributed by atoms with Gasteiger partial charge in [0.2, 0.25) is 0 Å². The summed E-state index contributed by atoms with van der Waals surface area (Å²) in [7, 11) is 0. The molecule has 0 N–H and O–H groups in total. The Bertz CT molecular complexity index is 2250. The van der Waals surface area contributed by atoms with Gasteiger partial charge < -0.3 is 0 Å².